The molecule has 0 bridgehead atoms. The van der Waals surface area contributed by atoms with Gasteiger partial charge < -0.3 is 5.11 Å². The number of alkyl halides is 9. The van der Waals surface area contributed by atoms with Gasteiger partial charge in [-0.3, -0.25) is 0 Å². The van der Waals surface area contributed by atoms with E-state index in [0.29, 0.717) is 0 Å². The van der Waals surface area contributed by atoms with Gasteiger partial charge in [0.2, 0.25) is 11.0 Å². The van der Waals surface area contributed by atoms with Gasteiger partial charge in [0.25, 0.3) is 0 Å². The lowest BCUT2D eigenvalue weighted by Crippen LogP contribution is -2.67. The highest BCUT2D eigenvalue weighted by molar-refractivity contribution is 5.27. The summed E-state index contributed by atoms with van der Waals surface area (Å²) >= 11 is 0. The maximum atomic E-state index is 12.5. The number of halogens is 9. The molecule has 0 saturated heterocycles. The van der Waals surface area contributed by atoms with Crippen molar-refractivity contribution in [1.29, 1.82) is 0 Å². The van der Waals surface area contributed by atoms with Crippen molar-refractivity contribution in [3.05, 3.63) is 12.2 Å². The molecule has 1 unspecified atom stereocenters. The van der Waals surface area contributed by atoms with Crippen LogP contribution in [-0.2, 0) is 0 Å². The Bertz CT molecular complexity index is 346. The Morgan fingerprint density at radius 1 is 0.778 bits per heavy atom. The van der Waals surface area contributed by atoms with Crippen LogP contribution in [0.15, 0.2) is 12.2 Å². The second-order valence-electron chi connectivity index (χ2n) is 3.77. The molecule has 0 saturated carbocycles. The summed E-state index contributed by atoms with van der Waals surface area (Å²) in [6.45, 7) is 0. The quantitative estimate of drug-likeness (QED) is 0.535. The summed E-state index contributed by atoms with van der Waals surface area (Å²) < 4.78 is 112. The number of allylic oxidation sites excluding steroid dienone is 1. The zero-order valence-corrected chi connectivity index (χ0v) is 8.21. The summed E-state index contributed by atoms with van der Waals surface area (Å²) in [4.78, 5) is 0. The predicted molar refractivity (Wildman–Crippen MR) is 39.3 cm³/mol. The minimum Gasteiger partial charge on any atom is -0.376 e. The summed E-state index contributed by atoms with van der Waals surface area (Å²) in [7, 11) is 0. The fraction of sp³-hybridized carbons (Fsp3) is 0.750. The van der Waals surface area contributed by atoms with E-state index in [4.69, 9.17) is 5.11 Å². The second-order valence-corrected chi connectivity index (χ2v) is 3.77. The van der Waals surface area contributed by atoms with Crippen LogP contribution >= 0.6 is 0 Å². The standard InChI is InChI=1S/C8H5F9O/c9-6(10,11)4(7(12,13)14)2-1-3-5(4,18)8(15,16)17/h1,3,18H,2H2. The van der Waals surface area contributed by atoms with Crippen LogP contribution in [0.4, 0.5) is 39.5 Å². The lowest BCUT2D eigenvalue weighted by molar-refractivity contribution is -0.416. The van der Waals surface area contributed by atoms with Crippen molar-refractivity contribution in [3.8, 4) is 0 Å². The number of aliphatic hydroxyl groups is 1. The molecule has 0 radical (unpaired) electrons. The van der Waals surface area contributed by atoms with Crippen LogP contribution in [0.2, 0.25) is 0 Å². The van der Waals surface area contributed by atoms with Gasteiger partial charge in [0.05, 0.1) is 0 Å². The van der Waals surface area contributed by atoms with Crippen LogP contribution in [0.25, 0.3) is 0 Å². The Balaban J connectivity index is 3.58. The molecule has 0 heterocycles. The molecular formula is C8H5F9O. The highest BCUT2D eigenvalue weighted by Gasteiger charge is 2.85. The first-order valence-corrected chi connectivity index (χ1v) is 4.31. The van der Waals surface area contributed by atoms with Crippen molar-refractivity contribution in [2.75, 3.05) is 0 Å². The van der Waals surface area contributed by atoms with E-state index in [1.807, 2.05) is 0 Å². The average Bonchev–Trinajstić information content (AvgIpc) is 2.40. The van der Waals surface area contributed by atoms with E-state index in [0.717, 1.165) is 0 Å². The van der Waals surface area contributed by atoms with Gasteiger partial charge in [-0.2, -0.15) is 39.5 Å². The highest BCUT2D eigenvalue weighted by Crippen LogP contribution is 2.65. The average molecular weight is 288 g/mol. The fourth-order valence-corrected chi connectivity index (χ4v) is 1.86. The topological polar surface area (TPSA) is 20.2 Å². The van der Waals surface area contributed by atoms with E-state index in [9.17, 15) is 39.5 Å². The molecule has 0 aromatic heterocycles. The first-order valence-electron chi connectivity index (χ1n) is 4.31. The maximum Gasteiger partial charge on any atom is 0.422 e. The van der Waals surface area contributed by atoms with Crippen molar-refractivity contribution in [3.63, 3.8) is 0 Å². The summed E-state index contributed by atoms with van der Waals surface area (Å²) in [6, 6.07) is 0. The van der Waals surface area contributed by atoms with E-state index < -0.39 is 42.0 Å². The van der Waals surface area contributed by atoms with Gasteiger partial charge in [0.1, 0.15) is 0 Å². The van der Waals surface area contributed by atoms with Gasteiger partial charge >= 0.3 is 18.5 Å². The van der Waals surface area contributed by atoms with Crippen molar-refractivity contribution in [1.82, 2.24) is 0 Å². The van der Waals surface area contributed by atoms with Gasteiger partial charge in [-0.25, -0.2) is 0 Å². The minimum atomic E-state index is -6.31. The normalized spacial score (nSPS) is 28.8. The van der Waals surface area contributed by atoms with Crippen molar-refractivity contribution in [2.45, 2.75) is 30.6 Å². The van der Waals surface area contributed by atoms with Gasteiger partial charge in [-0.05, 0) is 12.5 Å². The maximum absolute atomic E-state index is 12.5. The smallest absolute Gasteiger partial charge is 0.376 e. The molecule has 106 valence electrons. The molecule has 1 nitrogen and oxygen atoms in total. The summed E-state index contributed by atoms with van der Waals surface area (Å²) in [5.74, 6) is 0. The largest absolute Gasteiger partial charge is 0.422 e. The van der Waals surface area contributed by atoms with Gasteiger partial charge in [0.15, 0.2) is 0 Å². The molecule has 0 aliphatic heterocycles. The van der Waals surface area contributed by atoms with Gasteiger partial charge in [0, 0.05) is 0 Å². The number of hydrogen-bond donors (Lipinski definition) is 1. The van der Waals surface area contributed by atoms with E-state index in [1.165, 1.54) is 0 Å². The lowest BCUT2D eigenvalue weighted by Gasteiger charge is -2.44. The van der Waals surface area contributed by atoms with Crippen LogP contribution in [-0.4, -0.2) is 29.2 Å². The zero-order valence-electron chi connectivity index (χ0n) is 8.21. The first kappa shape index (κ1) is 15.1. The molecule has 1 aliphatic carbocycles. The third-order valence-corrected chi connectivity index (χ3v) is 2.83. The first-order chi connectivity index (χ1) is 7.71. The Labute approximate surface area is 93.9 Å². The van der Waals surface area contributed by atoms with E-state index in [1.54, 1.807) is 0 Å². The number of hydrogen-bond acceptors (Lipinski definition) is 1. The predicted octanol–water partition coefficient (Wildman–Crippen LogP) is 3.35. The molecule has 0 fully saturated rings. The van der Waals surface area contributed by atoms with Crippen LogP contribution in [0.3, 0.4) is 0 Å². The van der Waals surface area contributed by atoms with Crippen molar-refractivity contribution >= 4 is 0 Å². The van der Waals surface area contributed by atoms with E-state index >= 15 is 0 Å². The molecule has 18 heavy (non-hydrogen) atoms. The van der Waals surface area contributed by atoms with Crippen LogP contribution in [0.1, 0.15) is 6.42 Å². The van der Waals surface area contributed by atoms with Gasteiger partial charge in [-0.1, -0.05) is 6.08 Å². The molecule has 0 spiro atoms. The Kier molecular flexibility index (Phi) is 2.98. The SMILES string of the molecule is OC1(C(F)(F)F)C=CCC1(C(F)(F)F)C(F)(F)F. The molecule has 1 N–H and O–H groups in total. The van der Waals surface area contributed by atoms with Crippen LogP contribution < -0.4 is 0 Å². The Hall–Kier alpha value is -0.930. The van der Waals surface area contributed by atoms with Gasteiger partial charge in [-0.15, -0.1) is 0 Å². The third-order valence-electron chi connectivity index (χ3n) is 2.83. The molecule has 0 amide bonds. The lowest BCUT2D eigenvalue weighted by atomic mass is 9.71. The molecule has 0 aromatic carbocycles. The molecular weight excluding hydrogens is 283 g/mol. The fourth-order valence-electron chi connectivity index (χ4n) is 1.86. The number of rotatable bonds is 0. The summed E-state index contributed by atoms with van der Waals surface area (Å²) in [6.07, 6.45) is -21.2. The molecule has 10 heteroatoms. The molecule has 1 atom stereocenters. The summed E-state index contributed by atoms with van der Waals surface area (Å²) in [5, 5.41) is 8.96. The van der Waals surface area contributed by atoms with E-state index in [-0.39, 0.29) is 6.08 Å². The van der Waals surface area contributed by atoms with Crippen LogP contribution in [0.5, 0.6) is 0 Å². The van der Waals surface area contributed by atoms with Crippen molar-refractivity contribution < 1.29 is 44.6 Å². The Morgan fingerprint density at radius 2 is 1.17 bits per heavy atom. The monoisotopic (exact) mass is 288 g/mol. The zero-order chi connectivity index (χ0) is 14.6. The summed E-state index contributed by atoms with van der Waals surface area (Å²) in [5.41, 5.74) is -10.3. The highest BCUT2D eigenvalue weighted by atomic mass is 19.4. The van der Waals surface area contributed by atoms with Crippen molar-refractivity contribution in [2.24, 2.45) is 5.41 Å². The minimum absolute atomic E-state index is 0.0223. The van der Waals surface area contributed by atoms with E-state index in [2.05, 4.69) is 0 Å². The third kappa shape index (κ3) is 1.61. The molecule has 1 aliphatic rings. The Morgan fingerprint density at radius 3 is 1.39 bits per heavy atom. The second kappa shape index (κ2) is 3.55. The molecule has 0 aromatic rings. The molecule has 1 rings (SSSR count). The van der Waals surface area contributed by atoms with Crippen LogP contribution in [0, 0.1) is 5.41 Å².